The maximum atomic E-state index is 12.9. The van der Waals surface area contributed by atoms with E-state index in [2.05, 4.69) is 17.6 Å². The van der Waals surface area contributed by atoms with Crippen molar-refractivity contribution in [3.63, 3.8) is 0 Å². The molecule has 0 saturated carbocycles. The molecule has 0 spiro atoms. The summed E-state index contributed by atoms with van der Waals surface area (Å²) < 4.78 is 38.7. The van der Waals surface area contributed by atoms with Gasteiger partial charge in [-0.25, -0.2) is 0 Å². The molecule has 0 radical (unpaired) electrons. The van der Waals surface area contributed by atoms with Gasteiger partial charge in [-0.3, -0.25) is 9.59 Å². The lowest BCUT2D eigenvalue weighted by Crippen LogP contribution is -2.14. The summed E-state index contributed by atoms with van der Waals surface area (Å²) >= 11 is 0. The summed E-state index contributed by atoms with van der Waals surface area (Å²) in [5.74, 6) is -0.584. The van der Waals surface area contributed by atoms with Gasteiger partial charge in [-0.1, -0.05) is 129 Å². The minimum Gasteiger partial charge on any atom is -0.326 e. The number of alkyl halides is 3. The second-order valence-electron chi connectivity index (χ2n) is 11.8. The first-order valence-electron chi connectivity index (χ1n) is 16.7. The van der Waals surface area contributed by atoms with Crippen molar-refractivity contribution in [1.82, 2.24) is 0 Å². The Labute approximate surface area is 257 Å². The van der Waals surface area contributed by atoms with E-state index in [-0.39, 0.29) is 17.2 Å². The van der Waals surface area contributed by atoms with Crippen molar-refractivity contribution in [2.75, 3.05) is 10.6 Å². The number of rotatable bonds is 23. The van der Waals surface area contributed by atoms with Crippen LogP contribution in [0.4, 0.5) is 24.5 Å². The van der Waals surface area contributed by atoms with Gasteiger partial charge in [0.2, 0.25) is 5.91 Å². The highest BCUT2D eigenvalue weighted by atomic mass is 19.4. The number of nitrogens with one attached hydrogen (secondary N) is 2. The monoisotopic (exact) mass is 602 g/mol. The van der Waals surface area contributed by atoms with Gasteiger partial charge in [-0.2, -0.15) is 13.2 Å². The molecular formula is C36H53F3N2O2. The van der Waals surface area contributed by atoms with Crippen LogP contribution in [0.15, 0.2) is 48.5 Å². The zero-order chi connectivity index (χ0) is 31.2. The van der Waals surface area contributed by atoms with Crippen molar-refractivity contribution in [2.45, 2.75) is 142 Å². The first-order chi connectivity index (χ1) is 20.8. The Morgan fingerprint density at radius 1 is 0.581 bits per heavy atom. The molecule has 0 saturated heterocycles. The van der Waals surface area contributed by atoms with Crippen molar-refractivity contribution in [2.24, 2.45) is 0 Å². The molecular weight excluding hydrogens is 549 g/mol. The van der Waals surface area contributed by atoms with Gasteiger partial charge in [-0.05, 0) is 48.9 Å². The lowest BCUT2D eigenvalue weighted by molar-refractivity contribution is -0.137. The summed E-state index contributed by atoms with van der Waals surface area (Å²) in [6, 6.07) is 10.8. The van der Waals surface area contributed by atoms with Crippen LogP contribution in [-0.4, -0.2) is 11.8 Å². The fraction of sp³-hybridized carbons (Fsp3) is 0.611. The summed E-state index contributed by atoms with van der Waals surface area (Å²) in [6.45, 7) is 2.27. The van der Waals surface area contributed by atoms with Gasteiger partial charge in [0.05, 0.1) is 5.56 Å². The number of carbonyl (C=O) groups is 2. The van der Waals surface area contributed by atoms with Gasteiger partial charge in [0.1, 0.15) is 0 Å². The van der Waals surface area contributed by atoms with Crippen molar-refractivity contribution in [1.29, 1.82) is 0 Å². The molecule has 0 aliphatic carbocycles. The Balaban J connectivity index is 1.45. The van der Waals surface area contributed by atoms with Crippen molar-refractivity contribution < 1.29 is 22.8 Å². The van der Waals surface area contributed by atoms with Gasteiger partial charge in [0, 0.05) is 23.4 Å². The SMILES string of the molecule is CCCCCCCCCCCCCCCCCCCCCC(=O)Nc1ccc(C(=O)Nc2cccc(C(F)(F)F)c2)cc1. The Hall–Kier alpha value is -2.83. The zero-order valence-corrected chi connectivity index (χ0v) is 26.2. The molecule has 0 heterocycles. The molecule has 0 aliphatic rings. The second kappa shape index (κ2) is 21.8. The lowest BCUT2D eigenvalue weighted by atomic mass is 10.0. The standard InChI is InChI=1S/C36H53F3N2O2/c1-2-3-4-5-6-7-8-9-10-11-12-13-14-15-16-17-18-19-20-24-34(42)40-32-27-25-30(26-28-32)35(43)41-33-23-21-22-31(29-33)36(37,38)39/h21-23,25-29H,2-20,24H2,1H3,(H,40,42)(H,41,43). The third kappa shape index (κ3) is 17.2. The molecule has 43 heavy (non-hydrogen) atoms. The third-order valence-electron chi connectivity index (χ3n) is 7.89. The van der Waals surface area contributed by atoms with Crippen LogP contribution in [0.5, 0.6) is 0 Å². The molecule has 0 aliphatic heterocycles. The normalized spacial score (nSPS) is 11.4. The summed E-state index contributed by atoms with van der Waals surface area (Å²) in [7, 11) is 0. The molecule has 0 aromatic heterocycles. The highest BCUT2D eigenvalue weighted by Gasteiger charge is 2.30. The summed E-state index contributed by atoms with van der Waals surface area (Å²) in [4.78, 5) is 24.7. The number of hydrogen-bond donors (Lipinski definition) is 2. The maximum absolute atomic E-state index is 12.9. The third-order valence-corrected chi connectivity index (χ3v) is 7.89. The molecule has 2 rings (SSSR count). The first-order valence-corrected chi connectivity index (χ1v) is 16.7. The fourth-order valence-electron chi connectivity index (χ4n) is 5.27. The van der Waals surface area contributed by atoms with Crippen LogP contribution in [0.1, 0.15) is 151 Å². The number of halogens is 3. The molecule has 2 N–H and O–H groups in total. The Morgan fingerprint density at radius 3 is 1.51 bits per heavy atom. The van der Waals surface area contributed by atoms with E-state index in [1.54, 1.807) is 12.1 Å². The Morgan fingerprint density at radius 2 is 1.05 bits per heavy atom. The minimum atomic E-state index is -4.48. The van der Waals surface area contributed by atoms with Gasteiger partial charge in [-0.15, -0.1) is 0 Å². The predicted molar refractivity (Wildman–Crippen MR) is 172 cm³/mol. The summed E-state index contributed by atoms with van der Waals surface area (Å²) in [6.07, 6.45) is 20.9. The molecule has 4 nitrogen and oxygen atoms in total. The average molecular weight is 603 g/mol. The van der Waals surface area contributed by atoms with E-state index in [9.17, 15) is 22.8 Å². The maximum Gasteiger partial charge on any atom is 0.416 e. The fourth-order valence-corrected chi connectivity index (χ4v) is 5.27. The molecule has 7 heteroatoms. The second-order valence-corrected chi connectivity index (χ2v) is 11.8. The van der Waals surface area contributed by atoms with E-state index in [0.717, 1.165) is 31.4 Å². The predicted octanol–water partition coefficient (Wildman–Crippen LogP) is 11.7. The van der Waals surface area contributed by atoms with E-state index in [1.807, 2.05) is 0 Å². The van der Waals surface area contributed by atoms with E-state index in [1.165, 1.54) is 127 Å². The topological polar surface area (TPSA) is 58.2 Å². The van der Waals surface area contributed by atoms with E-state index < -0.39 is 17.6 Å². The van der Waals surface area contributed by atoms with Crippen LogP contribution < -0.4 is 10.6 Å². The lowest BCUT2D eigenvalue weighted by Gasteiger charge is -2.10. The number of hydrogen-bond acceptors (Lipinski definition) is 2. The highest BCUT2D eigenvalue weighted by molar-refractivity contribution is 6.04. The number of amides is 2. The van der Waals surface area contributed by atoms with Gasteiger partial charge >= 0.3 is 6.18 Å². The smallest absolute Gasteiger partial charge is 0.326 e. The molecule has 0 fully saturated rings. The van der Waals surface area contributed by atoms with Gasteiger partial charge in [0.15, 0.2) is 0 Å². The average Bonchev–Trinajstić information content (AvgIpc) is 2.98. The molecule has 0 bridgehead atoms. The van der Waals surface area contributed by atoms with Crippen LogP contribution in [0.3, 0.4) is 0 Å². The van der Waals surface area contributed by atoms with E-state index in [0.29, 0.717) is 12.1 Å². The van der Waals surface area contributed by atoms with Gasteiger partial charge in [0.25, 0.3) is 5.91 Å². The molecule has 2 aromatic carbocycles. The quantitative estimate of drug-likeness (QED) is 0.124. The molecule has 240 valence electrons. The van der Waals surface area contributed by atoms with E-state index >= 15 is 0 Å². The number of unbranched alkanes of at least 4 members (excludes halogenated alkanes) is 18. The first kappa shape index (κ1) is 36.4. The summed E-state index contributed by atoms with van der Waals surface area (Å²) in [5, 5.41) is 5.33. The van der Waals surface area contributed by atoms with Crippen molar-refractivity contribution >= 4 is 23.2 Å². The van der Waals surface area contributed by atoms with Crippen LogP contribution in [0, 0.1) is 0 Å². The van der Waals surface area contributed by atoms with Crippen LogP contribution in [0.25, 0.3) is 0 Å². The number of benzene rings is 2. The van der Waals surface area contributed by atoms with Crippen LogP contribution >= 0.6 is 0 Å². The van der Waals surface area contributed by atoms with Crippen molar-refractivity contribution in [3.05, 3.63) is 59.7 Å². The zero-order valence-electron chi connectivity index (χ0n) is 26.2. The Bertz CT molecular complexity index is 1040. The number of anilines is 2. The summed E-state index contributed by atoms with van der Waals surface area (Å²) in [5.41, 5.74) is 0.109. The molecule has 2 amide bonds. The van der Waals surface area contributed by atoms with Crippen LogP contribution in [-0.2, 0) is 11.0 Å². The largest absolute Gasteiger partial charge is 0.416 e. The minimum absolute atomic E-state index is 0.0619. The molecule has 0 unspecified atom stereocenters. The van der Waals surface area contributed by atoms with E-state index in [4.69, 9.17) is 0 Å². The number of carbonyl (C=O) groups excluding carboxylic acids is 2. The Kier molecular flexibility index (Phi) is 18.4. The highest BCUT2D eigenvalue weighted by Crippen LogP contribution is 2.30. The molecule has 0 atom stereocenters. The van der Waals surface area contributed by atoms with Gasteiger partial charge < -0.3 is 10.6 Å². The van der Waals surface area contributed by atoms with Crippen molar-refractivity contribution in [3.8, 4) is 0 Å². The van der Waals surface area contributed by atoms with Crippen LogP contribution in [0.2, 0.25) is 0 Å². The molecule has 2 aromatic rings.